The molecule has 5 atom stereocenters. The molecule has 8 N–H and O–H groups in total. The van der Waals surface area contributed by atoms with Gasteiger partial charge in [0.25, 0.3) is 0 Å². The average Bonchev–Trinajstić information content (AvgIpc) is 3.26. The van der Waals surface area contributed by atoms with E-state index in [0.717, 1.165) is 0 Å². The second-order valence-electron chi connectivity index (χ2n) is 8.53. The first-order valence-corrected chi connectivity index (χ1v) is 11.0. The molecule has 1 rings (SSSR count). The standard InChI is InChI=1S/C21H36N6O6/c1-5-12(4)17(20(31)26-16(9-28)21(32)33)27-19(30)15(7-13-8-23-10-24-13)25-18(29)14(22)6-11(2)3/h8,10-12,14-17,28H,5-7,9,22H2,1-4H3,(H,23,24)(H,25,29)(H,26,31)(H,27,30)(H,32,33). The van der Waals surface area contributed by atoms with E-state index in [-0.39, 0.29) is 18.3 Å². The number of hydrogen-bond acceptors (Lipinski definition) is 7. The van der Waals surface area contributed by atoms with E-state index >= 15 is 0 Å². The molecule has 186 valence electrons. The van der Waals surface area contributed by atoms with Crippen molar-refractivity contribution >= 4 is 23.7 Å². The molecule has 0 radical (unpaired) electrons. The number of aromatic nitrogens is 2. The number of carbonyl (C=O) groups excluding carboxylic acids is 3. The van der Waals surface area contributed by atoms with Crippen LogP contribution in [0.4, 0.5) is 0 Å². The predicted octanol–water partition coefficient (Wildman–Crippen LogP) is -1.10. The highest BCUT2D eigenvalue weighted by atomic mass is 16.4. The molecule has 33 heavy (non-hydrogen) atoms. The smallest absolute Gasteiger partial charge is 0.328 e. The molecule has 0 spiro atoms. The number of aliphatic hydroxyl groups excluding tert-OH is 1. The Morgan fingerprint density at radius 3 is 2.18 bits per heavy atom. The molecule has 0 aliphatic rings. The van der Waals surface area contributed by atoms with E-state index < -0.39 is 54.5 Å². The molecule has 1 aromatic heterocycles. The Balaban J connectivity index is 3.04. The van der Waals surface area contributed by atoms with Gasteiger partial charge in [-0.1, -0.05) is 34.1 Å². The van der Waals surface area contributed by atoms with Crippen LogP contribution in [-0.4, -0.2) is 74.6 Å². The number of nitrogens with one attached hydrogen (secondary N) is 4. The van der Waals surface area contributed by atoms with Crippen LogP contribution in [0.3, 0.4) is 0 Å². The van der Waals surface area contributed by atoms with E-state index in [1.54, 1.807) is 6.92 Å². The number of aliphatic hydroxyl groups is 1. The molecule has 0 aromatic carbocycles. The normalized spacial score (nSPS) is 15.7. The van der Waals surface area contributed by atoms with Crippen LogP contribution in [-0.2, 0) is 25.6 Å². The number of H-pyrrole nitrogens is 1. The van der Waals surface area contributed by atoms with Crippen molar-refractivity contribution in [3.05, 3.63) is 18.2 Å². The number of carboxylic acid groups (broad SMARTS) is 1. The van der Waals surface area contributed by atoms with E-state index in [9.17, 15) is 24.3 Å². The number of aromatic amines is 1. The molecule has 12 heteroatoms. The number of carboxylic acids is 1. The topological polar surface area (TPSA) is 200 Å². The third-order valence-corrected chi connectivity index (χ3v) is 5.26. The van der Waals surface area contributed by atoms with Gasteiger partial charge < -0.3 is 36.9 Å². The van der Waals surface area contributed by atoms with Gasteiger partial charge in [-0.15, -0.1) is 0 Å². The minimum Gasteiger partial charge on any atom is -0.480 e. The van der Waals surface area contributed by atoms with Crippen molar-refractivity contribution in [2.75, 3.05) is 6.61 Å². The summed E-state index contributed by atoms with van der Waals surface area (Å²) >= 11 is 0. The van der Waals surface area contributed by atoms with Gasteiger partial charge in [-0.3, -0.25) is 14.4 Å². The first-order chi connectivity index (χ1) is 15.5. The van der Waals surface area contributed by atoms with Crippen molar-refractivity contribution in [2.24, 2.45) is 17.6 Å². The van der Waals surface area contributed by atoms with Crippen LogP contribution >= 0.6 is 0 Å². The fourth-order valence-corrected chi connectivity index (χ4v) is 3.12. The van der Waals surface area contributed by atoms with Crippen LogP contribution in [0.15, 0.2) is 12.5 Å². The Labute approximate surface area is 193 Å². The zero-order valence-corrected chi connectivity index (χ0v) is 19.5. The highest BCUT2D eigenvalue weighted by Crippen LogP contribution is 2.10. The third-order valence-electron chi connectivity index (χ3n) is 5.26. The highest BCUT2D eigenvalue weighted by Gasteiger charge is 2.33. The van der Waals surface area contributed by atoms with E-state index in [0.29, 0.717) is 18.5 Å². The maximum absolute atomic E-state index is 13.1. The van der Waals surface area contributed by atoms with E-state index in [2.05, 4.69) is 25.9 Å². The van der Waals surface area contributed by atoms with Gasteiger partial charge in [0.05, 0.1) is 19.0 Å². The van der Waals surface area contributed by atoms with Gasteiger partial charge in [-0.25, -0.2) is 9.78 Å². The second-order valence-corrected chi connectivity index (χ2v) is 8.53. The Hall–Kier alpha value is -2.99. The first kappa shape index (κ1) is 28.0. The summed E-state index contributed by atoms with van der Waals surface area (Å²) in [6, 6.07) is -4.45. The van der Waals surface area contributed by atoms with Gasteiger partial charge >= 0.3 is 5.97 Å². The first-order valence-electron chi connectivity index (χ1n) is 11.0. The molecule has 0 bridgehead atoms. The quantitative estimate of drug-likeness (QED) is 0.178. The lowest BCUT2D eigenvalue weighted by atomic mass is 9.97. The molecular formula is C21H36N6O6. The summed E-state index contributed by atoms with van der Waals surface area (Å²) in [5, 5.41) is 25.8. The number of imidazole rings is 1. The van der Waals surface area contributed by atoms with Crippen LogP contribution in [0.25, 0.3) is 0 Å². The van der Waals surface area contributed by atoms with Crippen molar-refractivity contribution in [1.29, 1.82) is 0 Å². The largest absolute Gasteiger partial charge is 0.480 e. The summed E-state index contributed by atoms with van der Waals surface area (Å²) in [7, 11) is 0. The minimum absolute atomic E-state index is 0.0786. The minimum atomic E-state index is -1.50. The maximum Gasteiger partial charge on any atom is 0.328 e. The summed E-state index contributed by atoms with van der Waals surface area (Å²) < 4.78 is 0. The Bertz CT molecular complexity index is 784. The average molecular weight is 469 g/mol. The molecule has 1 heterocycles. The lowest BCUT2D eigenvalue weighted by Gasteiger charge is -2.28. The second kappa shape index (κ2) is 13.5. The van der Waals surface area contributed by atoms with Crippen molar-refractivity contribution in [3.63, 3.8) is 0 Å². The van der Waals surface area contributed by atoms with Gasteiger partial charge in [-0.2, -0.15) is 0 Å². The molecule has 0 saturated carbocycles. The van der Waals surface area contributed by atoms with E-state index in [1.807, 2.05) is 20.8 Å². The number of nitrogens with zero attached hydrogens (tertiary/aromatic N) is 1. The van der Waals surface area contributed by atoms with Crippen molar-refractivity contribution in [2.45, 2.75) is 71.1 Å². The number of carbonyl (C=O) groups is 4. The van der Waals surface area contributed by atoms with Crippen molar-refractivity contribution in [1.82, 2.24) is 25.9 Å². The lowest BCUT2D eigenvalue weighted by molar-refractivity contribution is -0.143. The molecule has 12 nitrogen and oxygen atoms in total. The SMILES string of the molecule is CCC(C)C(NC(=O)C(Cc1cnc[nH]1)NC(=O)C(N)CC(C)C)C(=O)NC(CO)C(=O)O. The molecule has 0 fully saturated rings. The molecule has 0 saturated heterocycles. The van der Waals surface area contributed by atoms with Gasteiger partial charge in [0.15, 0.2) is 0 Å². The summed E-state index contributed by atoms with van der Waals surface area (Å²) in [5.41, 5.74) is 6.54. The third kappa shape index (κ3) is 9.18. The van der Waals surface area contributed by atoms with Gasteiger partial charge in [0, 0.05) is 18.3 Å². The Morgan fingerprint density at radius 1 is 1.06 bits per heavy atom. The number of nitrogens with two attached hydrogens (primary N) is 1. The van der Waals surface area contributed by atoms with Crippen LogP contribution in [0.5, 0.6) is 0 Å². The van der Waals surface area contributed by atoms with Crippen LogP contribution in [0.2, 0.25) is 0 Å². The molecular weight excluding hydrogens is 432 g/mol. The number of amides is 3. The van der Waals surface area contributed by atoms with Gasteiger partial charge in [0.1, 0.15) is 18.1 Å². The molecule has 0 aliphatic heterocycles. The van der Waals surface area contributed by atoms with Gasteiger partial charge in [0.2, 0.25) is 17.7 Å². The van der Waals surface area contributed by atoms with E-state index in [1.165, 1.54) is 12.5 Å². The number of rotatable bonds is 14. The summed E-state index contributed by atoms with van der Waals surface area (Å²) in [5.74, 6) is -3.46. The van der Waals surface area contributed by atoms with Gasteiger partial charge in [-0.05, 0) is 18.3 Å². The summed E-state index contributed by atoms with van der Waals surface area (Å²) in [6.07, 6.45) is 3.96. The highest BCUT2D eigenvalue weighted by molar-refractivity contribution is 5.94. The van der Waals surface area contributed by atoms with Crippen molar-refractivity contribution in [3.8, 4) is 0 Å². The number of hydrogen-bond donors (Lipinski definition) is 7. The predicted molar refractivity (Wildman–Crippen MR) is 120 cm³/mol. The Kier molecular flexibility index (Phi) is 11.5. The molecule has 5 unspecified atom stereocenters. The van der Waals surface area contributed by atoms with E-state index in [4.69, 9.17) is 10.8 Å². The van der Waals surface area contributed by atoms with Crippen molar-refractivity contribution < 1.29 is 29.4 Å². The number of aliphatic carboxylic acids is 1. The summed E-state index contributed by atoms with van der Waals surface area (Å²) in [4.78, 5) is 56.4. The lowest BCUT2D eigenvalue weighted by Crippen LogP contribution is -2.59. The fourth-order valence-electron chi connectivity index (χ4n) is 3.12. The van der Waals surface area contributed by atoms with Crippen LogP contribution < -0.4 is 21.7 Å². The van der Waals surface area contributed by atoms with Crippen LogP contribution in [0, 0.1) is 11.8 Å². The molecule has 0 aliphatic carbocycles. The summed E-state index contributed by atoms with van der Waals surface area (Å²) in [6.45, 7) is 6.59. The zero-order chi connectivity index (χ0) is 25.1. The molecule has 1 aromatic rings. The monoisotopic (exact) mass is 468 g/mol. The fraction of sp³-hybridized carbons (Fsp3) is 0.667. The zero-order valence-electron chi connectivity index (χ0n) is 19.5. The Morgan fingerprint density at radius 2 is 1.70 bits per heavy atom. The maximum atomic E-state index is 13.1. The van der Waals surface area contributed by atoms with Crippen LogP contribution in [0.1, 0.15) is 46.2 Å². The molecule has 3 amide bonds.